The van der Waals surface area contributed by atoms with Crippen LogP contribution in [0, 0.1) is 5.92 Å². The second kappa shape index (κ2) is 6.03. The number of aromatic nitrogens is 3. The van der Waals surface area contributed by atoms with Crippen LogP contribution in [0.2, 0.25) is 0 Å². The molecule has 1 atom stereocenters. The standard InChI is InChI=1S/C15H17N3O3/c1-20-15(19)12(10-4-2-3-5-10)14-17-13(18-21-14)11-6-8-16-9-7-11/h6-10,12H,2-5H2,1H3. The Balaban J connectivity index is 1.89. The highest BCUT2D eigenvalue weighted by molar-refractivity contribution is 5.77. The highest BCUT2D eigenvalue weighted by Gasteiger charge is 2.37. The van der Waals surface area contributed by atoms with Crippen LogP contribution in [0.5, 0.6) is 0 Å². The summed E-state index contributed by atoms with van der Waals surface area (Å²) >= 11 is 0. The van der Waals surface area contributed by atoms with Gasteiger partial charge in [0.2, 0.25) is 11.7 Å². The minimum absolute atomic E-state index is 0.225. The third-order valence-corrected chi connectivity index (χ3v) is 3.97. The lowest BCUT2D eigenvalue weighted by Gasteiger charge is -2.16. The lowest BCUT2D eigenvalue weighted by molar-refractivity contribution is -0.144. The minimum atomic E-state index is -0.458. The van der Waals surface area contributed by atoms with Gasteiger partial charge >= 0.3 is 5.97 Å². The Bertz CT molecular complexity index is 606. The molecule has 2 aromatic rings. The number of methoxy groups -OCH3 is 1. The Morgan fingerprint density at radius 3 is 2.71 bits per heavy atom. The highest BCUT2D eigenvalue weighted by atomic mass is 16.5. The molecule has 6 nitrogen and oxygen atoms in total. The van der Waals surface area contributed by atoms with Crippen LogP contribution in [0.25, 0.3) is 11.4 Å². The van der Waals surface area contributed by atoms with Crippen molar-refractivity contribution in [3.8, 4) is 11.4 Å². The molecule has 0 radical (unpaired) electrons. The molecular formula is C15H17N3O3. The van der Waals surface area contributed by atoms with Crippen molar-refractivity contribution < 1.29 is 14.1 Å². The van der Waals surface area contributed by atoms with Gasteiger partial charge in [0.25, 0.3) is 0 Å². The van der Waals surface area contributed by atoms with E-state index in [0.29, 0.717) is 11.7 Å². The molecule has 0 aliphatic heterocycles. The summed E-state index contributed by atoms with van der Waals surface area (Å²) in [6, 6.07) is 3.61. The van der Waals surface area contributed by atoms with Gasteiger partial charge in [-0.15, -0.1) is 0 Å². The zero-order chi connectivity index (χ0) is 14.7. The average molecular weight is 287 g/mol. The number of carbonyl (C=O) groups excluding carboxylic acids is 1. The second-order valence-corrected chi connectivity index (χ2v) is 5.24. The maximum Gasteiger partial charge on any atom is 0.318 e. The van der Waals surface area contributed by atoms with Gasteiger partial charge in [-0.3, -0.25) is 9.78 Å². The molecule has 2 aromatic heterocycles. The molecule has 1 aliphatic rings. The van der Waals surface area contributed by atoms with E-state index in [1.54, 1.807) is 24.5 Å². The molecule has 0 amide bonds. The van der Waals surface area contributed by atoms with Crippen LogP contribution in [0.3, 0.4) is 0 Å². The van der Waals surface area contributed by atoms with E-state index in [0.717, 1.165) is 31.2 Å². The van der Waals surface area contributed by atoms with Gasteiger partial charge in [0, 0.05) is 18.0 Å². The predicted octanol–water partition coefficient (Wildman–Crippen LogP) is 2.58. The van der Waals surface area contributed by atoms with Gasteiger partial charge in [-0.05, 0) is 30.9 Å². The van der Waals surface area contributed by atoms with Crippen LogP contribution in [0.15, 0.2) is 29.0 Å². The van der Waals surface area contributed by atoms with Crippen molar-refractivity contribution in [2.75, 3.05) is 7.11 Å². The van der Waals surface area contributed by atoms with Gasteiger partial charge in [0.05, 0.1) is 7.11 Å². The summed E-state index contributed by atoms with van der Waals surface area (Å²) in [5, 5.41) is 3.97. The van der Waals surface area contributed by atoms with E-state index in [1.807, 2.05) is 0 Å². The van der Waals surface area contributed by atoms with Crippen molar-refractivity contribution in [3.05, 3.63) is 30.4 Å². The first-order valence-electron chi connectivity index (χ1n) is 7.11. The van der Waals surface area contributed by atoms with E-state index in [-0.39, 0.29) is 11.9 Å². The summed E-state index contributed by atoms with van der Waals surface area (Å²) < 4.78 is 10.3. The van der Waals surface area contributed by atoms with E-state index >= 15 is 0 Å². The Labute approximate surface area is 122 Å². The van der Waals surface area contributed by atoms with Crippen LogP contribution >= 0.6 is 0 Å². The van der Waals surface area contributed by atoms with Crippen LogP contribution in [0.1, 0.15) is 37.5 Å². The topological polar surface area (TPSA) is 78.1 Å². The van der Waals surface area contributed by atoms with E-state index in [9.17, 15) is 4.79 Å². The fraction of sp³-hybridized carbons (Fsp3) is 0.467. The summed E-state index contributed by atoms with van der Waals surface area (Å²) in [5.41, 5.74) is 0.815. The van der Waals surface area contributed by atoms with Gasteiger partial charge in [-0.1, -0.05) is 18.0 Å². The summed E-state index contributed by atoms with van der Waals surface area (Å²) in [5.74, 6) is 0.287. The van der Waals surface area contributed by atoms with Crippen molar-refractivity contribution in [2.45, 2.75) is 31.6 Å². The maximum absolute atomic E-state index is 12.1. The third-order valence-electron chi connectivity index (χ3n) is 3.97. The highest BCUT2D eigenvalue weighted by Crippen LogP contribution is 2.37. The van der Waals surface area contributed by atoms with E-state index < -0.39 is 5.92 Å². The second-order valence-electron chi connectivity index (χ2n) is 5.24. The average Bonchev–Trinajstić information content (AvgIpc) is 3.20. The summed E-state index contributed by atoms with van der Waals surface area (Å²) in [7, 11) is 1.39. The van der Waals surface area contributed by atoms with Gasteiger partial charge in [0.15, 0.2) is 0 Å². The molecule has 2 heterocycles. The quantitative estimate of drug-likeness (QED) is 0.804. The van der Waals surface area contributed by atoms with Crippen LogP contribution in [0.4, 0.5) is 0 Å². The predicted molar refractivity (Wildman–Crippen MR) is 74.2 cm³/mol. The number of nitrogens with zero attached hydrogens (tertiary/aromatic N) is 3. The number of carbonyl (C=O) groups is 1. The van der Waals surface area contributed by atoms with E-state index in [2.05, 4.69) is 15.1 Å². The van der Waals surface area contributed by atoms with Crippen LogP contribution in [-0.4, -0.2) is 28.2 Å². The van der Waals surface area contributed by atoms with Gasteiger partial charge < -0.3 is 9.26 Å². The Morgan fingerprint density at radius 1 is 1.33 bits per heavy atom. The van der Waals surface area contributed by atoms with Crippen molar-refractivity contribution in [3.63, 3.8) is 0 Å². The largest absolute Gasteiger partial charge is 0.468 e. The maximum atomic E-state index is 12.1. The number of hydrogen-bond donors (Lipinski definition) is 0. The van der Waals surface area contributed by atoms with Crippen molar-refractivity contribution in [1.82, 2.24) is 15.1 Å². The number of esters is 1. The van der Waals surface area contributed by atoms with Crippen molar-refractivity contribution in [1.29, 1.82) is 0 Å². The number of hydrogen-bond acceptors (Lipinski definition) is 6. The summed E-state index contributed by atoms with van der Waals surface area (Å²) in [6.45, 7) is 0. The fourth-order valence-corrected chi connectivity index (χ4v) is 2.89. The molecular weight excluding hydrogens is 270 g/mol. The van der Waals surface area contributed by atoms with Gasteiger partial charge in [-0.25, -0.2) is 0 Å². The Morgan fingerprint density at radius 2 is 2.05 bits per heavy atom. The van der Waals surface area contributed by atoms with Crippen LogP contribution in [-0.2, 0) is 9.53 Å². The molecule has 0 saturated heterocycles. The fourth-order valence-electron chi connectivity index (χ4n) is 2.89. The van der Waals surface area contributed by atoms with Gasteiger partial charge in [0.1, 0.15) is 5.92 Å². The van der Waals surface area contributed by atoms with E-state index in [1.165, 1.54) is 7.11 Å². The van der Waals surface area contributed by atoms with Crippen molar-refractivity contribution in [2.24, 2.45) is 5.92 Å². The monoisotopic (exact) mass is 287 g/mol. The summed E-state index contributed by atoms with van der Waals surface area (Å²) in [6.07, 6.45) is 7.58. The number of pyridine rings is 1. The molecule has 1 unspecified atom stereocenters. The molecule has 6 heteroatoms. The molecule has 1 saturated carbocycles. The Kier molecular flexibility index (Phi) is 3.94. The SMILES string of the molecule is COC(=O)C(c1nc(-c2ccncc2)no1)C1CCCC1. The first kappa shape index (κ1) is 13.7. The van der Waals surface area contributed by atoms with E-state index in [4.69, 9.17) is 9.26 Å². The number of rotatable bonds is 4. The lowest BCUT2D eigenvalue weighted by atomic mass is 9.91. The number of ether oxygens (including phenoxy) is 1. The third kappa shape index (κ3) is 2.79. The molecule has 1 aliphatic carbocycles. The lowest BCUT2D eigenvalue weighted by Crippen LogP contribution is -2.21. The summed E-state index contributed by atoms with van der Waals surface area (Å²) in [4.78, 5) is 20.4. The molecule has 21 heavy (non-hydrogen) atoms. The zero-order valence-corrected chi connectivity index (χ0v) is 11.9. The molecule has 3 rings (SSSR count). The molecule has 110 valence electrons. The molecule has 0 N–H and O–H groups in total. The molecule has 0 bridgehead atoms. The normalized spacial score (nSPS) is 16.8. The molecule has 1 fully saturated rings. The van der Waals surface area contributed by atoms with Gasteiger partial charge in [-0.2, -0.15) is 4.98 Å². The minimum Gasteiger partial charge on any atom is -0.468 e. The molecule has 0 aromatic carbocycles. The zero-order valence-electron chi connectivity index (χ0n) is 11.9. The first-order valence-corrected chi connectivity index (χ1v) is 7.11. The Hall–Kier alpha value is -2.24. The smallest absolute Gasteiger partial charge is 0.318 e. The van der Waals surface area contributed by atoms with Crippen LogP contribution < -0.4 is 0 Å². The van der Waals surface area contributed by atoms with Crippen molar-refractivity contribution >= 4 is 5.97 Å². The molecule has 0 spiro atoms. The first-order chi connectivity index (χ1) is 10.3.